The van der Waals surface area contributed by atoms with Crippen LogP contribution in [0.1, 0.15) is 6.23 Å². The Morgan fingerprint density at radius 1 is 0.925 bits per heavy atom. The van der Waals surface area contributed by atoms with Gasteiger partial charge in [0.1, 0.15) is 73.0 Å². The lowest BCUT2D eigenvalue weighted by Crippen LogP contribution is -2.69. The van der Waals surface area contributed by atoms with E-state index in [0.717, 1.165) is 10.8 Å². The predicted molar refractivity (Wildman–Crippen MR) is 129 cm³/mol. The van der Waals surface area contributed by atoms with Crippen LogP contribution in [0.4, 0.5) is 5.82 Å². The van der Waals surface area contributed by atoms with Gasteiger partial charge in [0.05, 0.1) is 25.3 Å². The molecule has 3 rings (SSSR count). The number of nitrogens with zero attached hydrogens (tertiary/aromatic N) is 2. The molecule has 19 heteroatoms. The third kappa shape index (κ3) is 6.43. The van der Waals surface area contributed by atoms with Gasteiger partial charge in [-0.05, 0) is 6.07 Å². The lowest BCUT2D eigenvalue weighted by molar-refractivity contribution is -0.326. The number of hydrogen-bond acceptors (Lipinski definition) is 18. The number of aliphatic hydroxyl groups excluding tert-OH is 10. The van der Waals surface area contributed by atoms with Gasteiger partial charge in [0.15, 0.2) is 12.5 Å². The van der Waals surface area contributed by atoms with Gasteiger partial charge in [0, 0.05) is 6.20 Å². The Bertz CT molecular complexity index is 1020. The summed E-state index contributed by atoms with van der Waals surface area (Å²) in [7, 11) is 0. The lowest BCUT2D eigenvalue weighted by Gasteiger charge is -2.48. The van der Waals surface area contributed by atoms with E-state index in [2.05, 4.69) is 4.98 Å². The number of anilines is 1. The summed E-state index contributed by atoms with van der Waals surface area (Å²) in [4.78, 5) is 15.9. The van der Waals surface area contributed by atoms with Crippen molar-refractivity contribution in [3.8, 4) is 0 Å². The molecule has 0 bridgehead atoms. The maximum Gasteiger partial charge on any atom is 0.351 e. The number of aromatic nitrogens is 2. The second-order valence-electron chi connectivity index (χ2n) is 9.70. The zero-order chi connectivity index (χ0) is 30.0. The zero-order valence-corrected chi connectivity index (χ0v) is 21.0. The summed E-state index contributed by atoms with van der Waals surface area (Å²) < 4.78 is 17.5. The summed E-state index contributed by atoms with van der Waals surface area (Å²) in [6.07, 6.45) is -23.4. The van der Waals surface area contributed by atoms with Crippen molar-refractivity contribution in [2.75, 3.05) is 18.9 Å². The van der Waals surface area contributed by atoms with Gasteiger partial charge in [-0.1, -0.05) is 0 Å². The minimum Gasteiger partial charge on any atom is -0.394 e. The molecule has 1 aromatic rings. The Morgan fingerprint density at radius 2 is 1.57 bits per heavy atom. The van der Waals surface area contributed by atoms with Gasteiger partial charge in [-0.25, -0.2) is 4.79 Å². The quantitative estimate of drug-likeness (QED) is 0.121. The molecule has 2 saturated heterocycles. The number of nitrogen functional groups attached to an aromatic ring is 1. The molecule has 2 fully saturated rings. The molecule has 3 heterocycles. The zero-order valence-electron chi connectivity index (χ0n) is 21.0. The van der Waals surface area contributed by atoms with E-state index in [0.29, 0.717) is 0 Å². The maximum absolute atomic E-state index is 12.4. The predicted octanol–water partition coefficient (Wildman–Crippen LogP) is -8.64. The standard InChI is InChI=1S/C21H37N5O14/c22-7-1-2-26(21(37)25-7)19-16(36)12(32)9(24)17(39-19)18(15(35)14(34)10(30)5(29)3-27)40-20-13(33)8(23)11(31)6(4-28)38-20/h1-2,5-6,8-20,27-36H,3-4,23-24H2,(H2,22,25,37)/t5-,6+,8-,9-,10-,11+,12-,13+,14-,15-,16+,17-,18?,19+,20-/m0/s1. The molecule has 0 spiro atoms. The highest BCUT2D eigenvalue weighted by atomic mass is 16.7. The largest absolute Gasteiger partial charge is 0.394 e. The molecule has 40 heavy (non-hydrogen) atoms. The first-order chi connectivity index (χ1) is 18.7. The smallest absolute Gasteiger partial charge is 0.351 e. The summed E-state index contributed by atoms with van der Waals surface area (Å²) in [6, 6.07) is -1.90. The monoisotopic (exact) mass is 583 g/mol. The van der Waals surface area contributed by atoms with Gasteiger partial charge in [-0.3, -0.25) is 4.57 Å². The van der Waals surface area contributed by atoms with Gasteiger partial charge < -0.3 is 82.5 Å². The van der Waals surface area contributed by atoms with Crippen molar-refractivity contribution >= 4 is 5.82 Å². The molecule has 2 aliphatic heterocycles. The van der Waals surface area contributed by atoms with Gasteiger partial charge >= 0.3 is 5.69 Å². The number of ether oxygens (including phenoxy) is 3. The molecular weight excluding hydrogens is 546 g/mol. The Hall–Kier alpha value is -1.92. The van der Waals surface area contributed by atoms with E-state index < -0.39 is 111 Å². The number of hydrogen-bond donors (Lipinski definition) is 13. The van der Waals surface area contributed by atoms with Crippen LogP contribution in [0.2, 0.25) is 0 Å². The number of rotatable bonds is 10. The van der Waals surface area contributed by atoms with Crippen LogP contribution < -0.4 is 22.9 Å². The van der Waals surface area contributed by atoms with Crippen molar-refractivity contribution in [3.05, 3.63) is 22.7 Å². The van der Waals surface area contributed by atoms with E-state index in [1.54, 1.807) is 0 Å². The van der Waals surface area contributed by atoms with Crippen molar-refractivity contribution < 1.29 is 65.3 Å². The Kier molecular flexibility index (Phi) is 10.9. The Morgan fingerprint density at radius 3 is 2.15 bits per heavy atom. The molecule has 0 aliphatic carbocycles. The molecule has 230 valence electrons. The minimum atomic E-state index is -2.29. The summed E-state index contributed by atoms with van der Waals surface area (Å²) in [5.74, 6) is -0.170. The molecule has 15 atom stereocenters. The lowest BCUT2D eigenvalue weighted by atomic mass is 9.87. The van der Waals surface area contributed by atoms with Gasteiger partial charge in [0.2, 0.25) is 0 Å². The van der Waals surface area contributed by atoms with Crippen molar-refractivity contribution in [3.63, 3.8) is 0 Å². The van der Waals surface area contributed by atoms with Crippen LogP contribution in [0.5, 0.6) is 0 Å². The molecule has 16 N–H and O–H groups in total. The van der Waals surface area contributed by atoms with Crippen molar-refractivity contribution in [2.24, 2.45) is 11.5 Å². The Balaban J connectivity index is 2.02. The van der Waals surface area contributed by atoms with E-state index >= 15 is 0 Å². The van der Waals surface area contributed by atoms with E-state index in [-0.39, 0.29) is 5.82 Å². The van der Waals surface area contributed by atoms with Crippen LogP contribution >= 0.6 is 0 Å². The van der Waals surface area contributed by atoms with E-state index in [4.69, 9.17) is 36.5 Å². The molecular formula is C21H37N5O14. The molecule has 2 aliphatic rings. The van der Waals surface area contributed by atoms with E-state index in [1.165, 1.54) is 6.07 Å². The third-order valence-corrected chi connectivity index (χ3v) is 7.01. The van der Waals surface area contributed by atoms with Gasteiger partial charge in [0.25, 0.3) is 0 Å². The Labute approximate surface area is 226 Å². The van der Waals surface area contributed by atoms with Crippen LogP contribution in [-0.4, -0.2) is 159 Å². The van der Waals surface area contributed by atoms with Crippen molar-refractivity contribution in [2.45, 2.75) is 91.7 Å². The molecule has 1 unspecified atom stereocenters. The van der Waals surface area contributed by atoms with Gasteiger partial charge in [-0.2, -0.15) is 4.98 Å². The summed E-state index contributed by atoms with van der Waals surface area (Å²) in [5, 5.41) is 102. The van der Waals surface area contributed by atoms with Crippen LogP contribution in [0.15, 0.2) is 17.1 Å². The molecule has 0 aromatic carbocycles. The third-order valence-electron chi connectivity index (χ3n) is 7.01. The first kappa shape index (κ1) is 32.6. The fourth-order valence-electron chi connectivity index (χ4n) is 4.54. The topological polar surface area (TPSA) is 343 Å². The van der Waals surface area contributed by atoms with Crippen molar-refractivity contribution in [1.82, 2.24) is 9.55 Å². The van der Waals surface area contributed by atoms with Gasteiger partial charge in [-0.15, -0.1) is 0 Å². The molecule has 0 saturated carbocycles. The van der Waals surface area contributed by atoms with Crippen LogP contribution in [0.3, 0.4) is 0 Å². The second-order valence-corrected chi connectivity index (χ2v) is 9.70. The van der Waals surface area contributed by atoms with E-state index in [9.17, 15) is 50.8 Å². The highest BCUT2D eigenvalue weighted by molar-refractivity contribution is 5.23. The maximum atomic E-state index is 12.4. The molecule has 19 nitrogen and oxygen atoms in total. The molecule has 1 aromatic heterocycles. The van der Waals surface area contributed by atoms with Crippen LogP contribution in [0, 0.1) is 0 Å². The minimum absolute atomic E-state index is 0.170. The van der Waals surface area contributed by atoms with Crippen molar-refractivity contribution in [1.29, 1.82) is 0 Å². The van der Waals surface area contributed by atoms with E-state index in [1.807, 2.05) is 0 Å². The average Bonchev–Trinajstić information content (AvgIpc) is 2.93. The molecule has 0 radical (unpaired) electrons. The highest BCUT2D eigenvalue weighted by Crippen LogP contribution is 2.33. The highest BCUT2D eigenvalue weighted by Gasteiger charge is 2.53. The van der Waals surface area contributed by atoms with Crippen LogP contribution in [-0.2, 0) is 14.2 Å². The second kappa shape index (κ2) is 13.4. The molecule has 0 amide bonds. The summed E-state index contributed by atoms with van der Waals surface area (Å²) >= 11 is 0. The fourth-order valence-corrected chi connectivity index (χ4v) is 4.54. The summed E-state index contributed by atoms with van der Waals surface area (Å²) in [5.41, 5.74) is 16.3. The number of aliphatic hydroxyl groups is 10. The SMILES string of the molecule is Nc1ccn([C@@H]2O[C@H](C(O[C@@H]3O[C@H](CO)[C@@H](O)[C@H](N)[C@H]3O)[C@@H](O)[C@@H](O)[C@@H](O)[C@@H](O)CO)[C@@H](N)[C@H](O)[C@H]2O)c(=O)n1. The number of nitrogens with two attached hydrogens (primary N) is 3. The summed E-state index contributed by atoms with van der Waals surface area (Å²) in [6.45, 7) is -1.80. The fraction of sp³-hybridized carbons (Fsp3) is 0.810. The normalized spacial score (nSPS) is 38.8. The van der Waals surface area contributed by atoms with Crippen LogP contribution in [0.25, 0.3) is 0 Å². The average molecular weight is 584 g/mol. The first-order valence-corrected chi connectivity index (χ1v) is 12.2. The first-order valence-electron chi connectivity index (χ1n) is 12.2.